The van der Waals surface area contributed by atoms with E-state index in [1.54, 1.807) is 6.07 Å². The van der Waals surface area contributed by atoms with Crippen molar-refractivity contribution in [2.75, 3.05) is 18.0 Å². The van der Waals surface area contributed by atoms with Crippen LogP contribution in [0.25, 0.3) is 10.4 Å². The molecule has 0 spiro atoms. The zero-order valence-corrected chi connectivity index (χ0v) is 13.1. The summed E-state index contributed by atoms with van der Waals surface area (Å²) in [4.78, 5) is 16.7. The lowest BCUT2D eigenvalue weighted by molar-refractivity contribution is 0.100. The highest BCUT2D eigenvalue weighted by Gasteiger charge is 2.19. The minimum Gasteiger partial charge on any atom is -0.372 e. The molecular formula is C13H20N4OSi. The summed E-state index contributed by atoms with van der Waals surface area (Å²) >= 11 is 0. The zero-order valence-electron chi connectivity index (χ0n) is 11.9. The van der Waals surface area contributed by atoms with Crippen LogP contribution in [0.4, 0.5) is 5.69 Å². The molecule has 1 amide bonds. The smallest absolute Gasteiger partial charge is 0.249 e. The normalized spacial score (nSPS) is 10.2. The van der Waals surface area contributed by atoms with Crippen LogP contribution in [0.2, 0.25) is 13.1 Å². The maximum absolute atomic E-state index is 11.9. The summed E-state index contributed by atoms with van der Waals surface area (Å²) in [6.07, 6.45) is 0. The predicted molar refractivity (Wildman–Crippen MR) is 82.0 cm³/mol. The number of hydrogen-bond donors (Lipinski definition) is 0. The first-order chi connectivity index (χ1) is 9.06. The van der Waals surface area contributed by atoms with Gasteiger partial charge in [0, 0.05) is 29.3 Å². The van der Waals surface area contributed by atoms with Gasteiger partial charge >= 0.3 is 0 Å². The second-order valence-electron chi connectivity index (χ2n) is 4.56. The monoisotopic (exact) mass is 276 g/mol. The molecule has 0 radical (unpaired) electrons. The highest BCUT2D eigenvalue weighted by molar-refractivity contribution is 6.73. The van der Waals surface area contributed by atoms with Crippen LogP contribution >= 0.6 is 0 Å². The third-order valence-corrected chi connectivity index (χ3v) is 4.89. The van der Waals surface area contributed by atoms with Gasteiger partial charge in [-0.05, 0) is 35.7 Å². The molecule has 0 aliphatic heterocycles. The van der Waals surface area contributed by atoms with E-state index in [2.05, 4.69) is 41.9 Å². The Hall–Kier alpha value is -1.78. The standard InChI is InChI=1S/C13H20N4OSi/c1-5-17(6-2)11-9-7-8-10(12(11)19(3)4)13(18)15-16-14/h7-9,19H,5-6H2,1-4H3. The average molecular weight is 276 g/mol. The fourth-order valence-corrected chi connectivity index (χ4v) is 3.99. The van der Waals surface area contributed by atoms with Gasteiger partial charge in [-0.15, -0.1) is 0 Å². The van der Waals surface area contributed by atoms with E-state index in [-0.39, 0.29) is 0 Å². The van der Waals surface area contributed by atoms with Crippen molar-refractivity contribution < 1.29 is 4.79 Å². The van der Waals surface area contributed by atoms with Crippen molar-refractivity contribution in [2.24, 2.45) is 5.11 Å². The van der Waals surface area contributed by atoms with Gasteiger partial charge in [-0.2, -0.15) is 0 Å². The second kappa shape index (κ2) is 6.97. The molecule has 0 N–H and O–H groups in total. The van der Waals surface area contributed by atoms with Gasteiger partial charge in [-0.3, -0.25) is 4.79 Å². The molecule has 0 aliphatic rings. The summed E-state index contributed by atoms with van der Waals surface area (Å²) < 4.78 is 0. The number of hydrogen-bond acceptors (Lipinski definition) is 2. The van der Waals surface area contributed by atoms with Crippen molar-refractivity contribution >= 4 is 25.6 Å². The van der Waals surface area contributed by atoms with Crippen molar-refractivity contribution in [1.29, 1.82) is 0 Å². The number of nitrogens with zero attached hydrogens (tertiary/aromatic N) is 4. The molecule has 1 aromatic carbocycles. The van der Waals surface area contributed by atoms with Crippen molar-refractivity contribution in [3.8, 4) is 0 Å². The van der Waals surface area contributed by atoms with E-state index in [1.165, 1.54) is 0 Å². The Morgan fingerprint density at radius 2 is 2.00 bits per heavy atom. The van der Waals surface area contributed by atoms with E-state index in [0.717, 1.165) is 24.0 Å². The summed E-state index contributed by atoms with van der Waals surface area (Å²) in [6, 6.07) is 5.66. The Morgan fingerprint density at radius 3 is 2.47 bits per heavy atom. The molecule has 19 heavy (non-hydrogen) atoms. The highest BCUT2D eigenvalue weighted by Crippen LogP contribution is 2.16. The number of carbonyl (C=O) groups is 1. The van der Waals surface area contributed by atoms with Crippen LogP contribution in [0.3, 0.4) is 0 Å². The summed E-state index contributed by atoms with van der Waals surface area (Å²) in [7, 11) is -1.22. The molecule has 102 valence electrons. The van der Waals surface area contributed by atoms with Gasteiger partial charge in [0.25, 0.3) is 0 Å². The van der Waals surface area contributed by atoms with Gasteiger partial charge in [-0.25, -0.2) is 0 Å². The molecule has 5 nitrogen and oxygen atoms in total. The number of carbonyl (C=O) groups excluding carboxylic acids is 1. The van der Waals surface area contributed by atoms with E-state index < -0.39 is 14.7 Å². The van der Waals surface area contributed by atoms with Gasteiger partial charge in [0.15, 0.2) is 0 Å². The van der Waals surface area contributed by atoms with Crippen LogP contribution in [0, 0.1) is 0 Å². The zero-order chi connectivity index (χ0) is 14.4. The fraction of sp³-hybridized carbons (Fsp3) is 0.462. The lowest BCUT2D eigenvalue weighted by Gasteiger charge is -2.26. The Bertz CT molecular complexity index is 505. The lowest BCUT2D eigenvalue weighted by atomic mass is 10.1. The fourth-order valence-electron chi connectivity index (χ4n) is 2.28. The number of benzene rings is 1. The summed E-state index contributed by atoms with van der Waals surface area (Å²) in [5.74, 6) is -0.479. The Labute approximate surface area is 115 Å². The van der Waals surface area contributed by atoms with Crippen LogP contribution in [0.15, 0.2) is 23.3 Å². The Morgan fingerprint density at radius 1 is 1.37 bits per heavy atom. The van der Waals surface area contributed by atoms with E-state index in [0.29, 0.717) is 5.56 Å². The average Bonchev–Trinajstić information content (AvgIpc) is 2.40. The van der Waals surface area contributed by atoms with Crippen LogP contribution in [-0.4, -0.2) is 27.8 Å². The van der Waals surface area contributed by atoms with Gasteiger partial charge < -0.3 is 4.90 Å². The van der Waals surface area contributed by atoms with E-state index in [9.17, 15) is 4.79 Å². The summed E-state index contributed by atoms with van der Waals surface area (Å²) in [5.41, 5.74) is 10.1. The van der Waals surface area contributed by atoms with Crippen LogP contribution in [0.5, 0.6) is 0 Å². The molecule has 0 aromatic heterocycles. The van der Waals surface area contributed by atoms with Crippen LogP contribution < -0.4 is 10.1 Å². The predicted octanol–water partition coefficient (Wildman–Crippen LogP) is 2.68. The number of azide groups is 1. The maximum atomic E-state index is 11.9. The quantitative estimate of drug-likeness (QED) is 0.359. The van der Waals surface area contributed by atoms with Gasteiger partial charge in [0.05, 0.1) is 8.80 Å². The number of rotatable bonds is 5. The van der Waals surface area contributed by atoms with Crippen molar-refractivity contribution in [3.05, 3.63) is 34.2 Å². The molecule has 0 fully saturated rings. The first-order valence-corrected chi connectivity index (χ1v) is 9.42. The topological polar surface area (TPSA) is 69.1 Å². The van der Waals surface area contributed by atoms with Crippen LogP contribution in [0.1, 0.15) is 24.2 Å². The molecule has 0 bridgehead atoms. The summed E-state index contributed by atoms with van der Waals surface area (Å²) in [6.45, 7) is 10.3. The largest absolute Gasteiger partial charge is 0.372 e. The third-order valence-electron chi connectivity index (χ3n) is 3.13. The highest BCUT2D eigenvalue weighted by atomic mass is 28.3. The number of anilines is 1. The van der Waals surface area contributed by atoms with Gasteiger partial charge in [0.2, 0.25) is 5.91 Å². The number of amides is 1. The first-order valence-electron chi connectivity index (χ1n) is 6.54. The molecule has 0 heterocycles. The first kappa shape index (κ1) is 15.3. The molecule has 0 unspecified atom stereocenters. The minimum absolute atomic E-state index is 0.479. The molecule has 0 aliphatic carbocycles. The Balaban J connectivity index is 3.45. The SMILES string of the molecule is CCN(CC)c1cccc(C(=O)N=[N+]=[N-])c1[SiH](C)C. The van der Waals surface area contributed by atoms with E-state index in [4.69, 9.17) is 5.53 Å². The van der Waals surface area contributed by atoms with Crippen LogP contribution in [-0.2, 0) is 0 Å². The minimum atomic E-state index is -1.22. The Kier molecular flexibility index (Phi) is 5.60. The molecule has 0 atom stereocenters. The second-order valence-corrected chi connectivity index (χ2v) is 7.45. The van der Waals surface area contributed by atoms with Crippen molar-refractivity contribution in [3.63, 3.8) is 0 Å². The molecule has 0 saturated heterocycles. The molecule has 1 aromatic rings. The third kappa shape index (κ3) is 3.36. The summed E-state index contributed by atoms with van der Waals surface area (Å²) in [5, 5.41) is 4.32. The van der Waals surface area contributed by atoms with Crippen molar-refractivity contribution in [2.45, 2.75) is 26.9 Å². The van der Waals surface area contributed by atoms with E-state index in [1.807, 2.05) is 12.1 Å². The molecule has 1 rings (SSSR count). The maximum Gasteiger partial charge on any atom is 0.249 e. The van der Waals surface area contributed by atoms with E-state index >= 15 is 0 Å². The molecular weight excluding hydrogens is 256 g/mol. The van der Waals surface area contributed by atoms with Gasteiger partial charge in [-0.1, -0.05) is 25.2 Å². The molecule has 0 saturated carbocycles. The van der Waals surface area contributed by atoms with Gasteiger partial charge in [0.1, 0.15) is 0 Å². The molecule has 6 heteroatoms. The lowest BCUT2D eigenvalue weighted by Crippen LogP contribution is -2.36. The van der Waals surface area contributed by atoms with Crippen molar-refractivity contribution in [1.82, 2.24) is 0 Å².